The number of hydrogen-bond donors (Lipinski definition) is 3. The number of alkyl halides is 2. The Hall–Kier alpha value is -4.68. The quantitative estimate of drug-likeness (QED) is 0.0799. The molecular formula is C39H45F2N4O9P. The van der Waals surface area contributed by atoms with Crippen molar-refractivity contribution in [3.63, 3.8) is 0 Å². The van der Waals surface area contributed by atoms with Gasteiger partial charge in [-0.3, -0.25) is 18.9 Å². The van der Waals surface area contributed by atoms with Crippen LogP contribution in [0.1, 0.15) is 57.0 Å². The van der Waals surface area contributed by atoms with Crippen molar-refractivity contribution < 1.29 is 42.3 Å². The Labute approximate surface area is 317 Å². The fraction of sp³-hybridized carbons (Fsp3) is 0.410. The molecule has 0 saturated carbocycles. The fourth-order valence-corrected chi connectivity index (χ4v) is 10.8. The molecule has 5 rings (SSSR count). The van der Waals surface area contributed by atoms with Crippen LogP contribution in [-0.2, 0) is 19.2 Å². The summed E-state index contributed by atoms with van der Waals surface area (Å²) in [6.07, 6.45) is -7.83. The first kappa shape index (κ1) is 41.5. The van der Waals surface area contributed by atoms with E-state index in [1.165, 1.54) is 14.2 Å². The normalized spacial score (nSPS) is 23.1. The van der Waals surface area contributed by atoms with Crippen molar-refractivity contribution in [2.75, 3.05) is 20.8 Å². The summed E-state index contributed by atoms with van der Waals surface area (Å²) in [5, 5.41) is 31.7. The molecule has 1 aromatic heterocycles. The van der Waals surface area contributed by atoms with Crippen molar-refractivity contribution in [1.29, 1.82) is 5.26 Å². The molecule has 2 unspecified atom stereocenters. The van der Waals surface area contributed by atoms with Gasteiger partial charge in [0.2, 0.25) is 0 Å². The van der Waals surface area contributed by atoms with Crippen LogP contribution < -0.4 is 20.7 Å². The minimum Gasteiger partial charge on any atom is -0.497 e. The van der Waals surface area contributed by atoms with Gasteiger partial charge in [0.15, 0.2) is 12.4 Å². The molecule has 0 spiro atoms. The molecule has 0 aliphatic carbocycles. The van der Waals surface area contributed by atoms with Gasteiger partial charge in [-0.25, -0.2) is 18.2 Å². The van der Waals surface area contributed by atoms with E-state index in [1.807, 2.05) is 11.1 Å². The maximum Gasteiger partial charge on any atom is 0.330 e. The van der Waals surface area contributed by atoms with Crippen LogP contribution in [0.2, 0.25) is 0 Å². The lowest BCUT2D eigenvalue weighted by molar-refractivity contribution is -0.262. The maximum absolute atomic E-state index is 19.3. The van der Waals surface area contributed by atoms with Gasteiger partial charge in [0, 0.05) is 24.3 Å². The highest BCUT2D eigenvalue weighted by atomic mass is 31.2. The minimum atomic E-state index is -5.44. The average Bonchev–Trinajstić information content (AvgIpc) is 3.38. The number of methoxy groups -OCH3 is 2. The number of benzene rings is 3. The Morgan fingerprint density at radius 2 is 1.45 bits per heavy atom. The second-order valence-electron chi connectivity index (χ2n) is 13.7. The Morgan fingerprint density at radius 1 is 0.945 bits per heavy atom. The van der Waals surface area contributed by atoms with Gasteiger partial charge in [0.05, 0.1) is 38.7 Å². The van der Waals surface area contributed by atoms with Crippen molar-refractivity contribution in [3.8, 4) is 17.6 Å². The number of H-pyrrole nitrogens is 1. The number of nitrogens with zero attached hydrogens (tertiary/aromatic N) is 3. The Bertz CT molecular complexity index is 2090. The van der Waals surface area contributed by atoms with Crippen molar-refractivity contribution >= 4 is 7.52 Å². The van der Waals surface area contributed by atoms with Crippen LogP contribution in [0.5, 0.6) is 11.5 Å². The number of aromatic nitrogens is 2. The molecule has 6 atom stereocenters. The lowest BCUT2D eigenvalue weighted by Gasteiger charge is -2.51. The first-order valence-electron chi connectivity index (χ1n) is 17.6. The highest BCUT2D eigenvalue weighted by Crippen LogP contribution is 2.74. The summed E-state index contributed by atoms with van der Waals surface area (Å²) in [6, 6.07) is 21.6. The summed E-state index contributed by atoms with van der Waals surface area (Å²) in [4.78, 5) is 27.2. The highest BCUT2D eigenvalue weighted by Gasteiger charge is 2.82. The molecule has 1 aliphatic rings. The van der Waals surface area contributed by atoms with E-state index in [0.717, 1.165) is 16.9 Å². The number of aliphatic hydroxyl groups excluding tert-OH is 1. The Balaban J connectivity index is 1.95. The zero-order valence-corrected chi connectivity index (χ0v) is 32.2. The molecule has 13 nitrogen and oxygen atoms in total. The summed E-state index contributed by atoms with van der Waals surface area (Å²) < 4.78 is 77.0. The van der Waals surface area contributed by atoms with Crippen molar-refractivity contribution in [3.05, 3.63) is 129 Å². The van der Waals surface area contributed by atoms with Crippen LogP contribution >= 0.6 is 7.52 Å². The smallest absolute Gasteiger partial charge is 0.330 e. The summed E-state index contributed by atoms with van der Waals surface area (Å²) >= 11 is 0. The van der Waals surface area contributed by atoms with Gasteiger partial charge in [0.25, 0.3) is 16.8 Å². The van der Waals surface area contributed by atoms with Crippen LogP contribution in [0, 0.1) is 11.3 Å². The molecule has 0 bridgehead atoms. The number of rotatable bonds is 15. The van der Waals surface area contributed by atoms with Gasteiger partial charge in [-0.05, 0) is 68.7 Å². The zero-order chi connectivity index (χ0) is 40.3. The van der Waals surface area contributed by atoms with Crippen LogP contribution in [0.4, 0.5) is 8.78 Å². The molecule has 4 aromatic rings. The second-order valence-corrected chi connectivity index (χ2v) is 16.1. The van der Waals surface area contributed by atoms with Gasteiger partial charge in [-0.1, -0.05) is 54.6 Å². The number of aliphatic hydroxyl groups is 2. The summed E-state index contributed by atoms with van der Waals surface area (Å²) in [6.45, 7) is 5.62. The van der Waals surface area contributed by atoms with Gasteiger partial charge < -0.3 is 28.9 Å². The van der Waals surface area contributed by atoms with Crippen molar-refractivity contribution in [1.82, 2.24) is 14.2 Å². The molecular weight excluding hydrogens is 737 g/mol. The van der Waals surface area contributed by atoms with Gasteiger partial charge >= 0.3 is 13.2 Å². The molecule has 16 heteroatoms. The topological polar surface area (TPSA) is 176 Å². The number of hydrogen-bond acceptors (Lipinski definition) is 10. The Morgan fingerprint density at radius 3 is 1.91 bits per heavy atom. The number of nitrogens with one attached hydrogen (secondary N) is 1. The first-order valence-corrected chi connectivity index (χ1v) is 19.1. The van der Waals surface area contributed by atoms with Gasteiger partial charge in [-0.15, -0.1) is 0 Å². The van der Waals surface area contributed by atoms with Gasteiger partial charge in [0.1, 0.15) is 17.6 Å². The van der Waals surface area contributed by atoms with E-state index >= 15 is 13.3 Å². The molecule has 3 aromatic carbocycles. The lowest BCUT2D eigenvalue weighted by Crippen LogP contribution is -2.66. The predicted molar refractivity (Wildman–Crippen MR) is 199 cm³/mol. The molecule has 1 saturated heterocycles. The number of halogens is 2. The Kier molecular flexibility index (Phi) is 12.2. The molecule has 3 N–H and O–H groups in total. The minimum absolute atomic E-state index is 0.199. The van der Waals surface area contributed by atoms with Crippen LogP contribution in [-0.4, -0.2) is 80.8 Å². The van der Waals surface area contributed by atoms with Gasteiger partial charge in [-0.2, -0.15) is 5.26 Å². The third-order valence-corrected chi connectivity index (χ3v) is 13.4. The van der Waals surface area contributed by atoms with E-state index in [2.05, 4.69) is 0 Å². The standard InChI is InChI=1S/C39H45F2N4O9P/c1-25(2)45(26(3)4)55(50,53-24-10-22-42)39(49)33(40)34(44-23-21-32(46)43-36(44)48)54-38(39,41)35(47)37(27-11-8-7-9-12-27,28-13-17-30(51-5)18-14-28)29-15-19-31(52-6)20-16-29/h7-9,11-21,23,25-26,33-35,47,49H,10,24H2,1-6H3,(H,43,46,48)/t33-,34-,35?,38-,39-,55?/m1/s1. The molecule has 294 valence electrons. The first-order chi connectivity index (χ1) is 26.1. The number of ether oxygens (including phenoxy) is 3. The molecule has 1 fully saturated rings. The molecule has 2 heterocycles. The highest BCUT2D eigenvalue weighted by molar-refractivity contribution is 7.58. The van der Waals surface area contributed by atoms with E-state index < -0.39 is 79.0 Å². The maximum atomic E-state index is 19.3. The summed E-state index contributed by atoms with van der Waals surface area (Å²) in [5.74, 6) is -3.33. The number of aromatic amines is 1. The SMILES string of the molecule is COc1ccc(C(c2ccccc2)(c2ccc(OC)cc2)C(O)[C@@]2(F)O[C@@H](n3ccc(=O)[nH]c3=O)[C@@H](F)[C@@]2(O)P(=O)(OCCC#N)N(C(C)C)C(C)C)cc1. The molecule has 1 aliphatic heterocycles. The molecule has 0 amide bonds. The van der Waals surface area contributed by atoms with Crippen molar-refractivity contribution in [2.24, 2.45) is 0 Å². The van der Waals surface area contributed by atoms with Crippen LogP contribution in [0.15, 0.2) is 101 Å². The van der Waals surface area contributed by atoms with E-state index in [-0.39, 0.29) is 16.7 Å². The van der Waals surface area contributed by atoms with E-state index in [1.54, 1.807) is 107 Å². The third kappa shape index (κ3) is 6.81. The van der Waals surface area contributed by atoms with E-state index in [0.29, 0.717) is 16.1 Å². The lowest BCUT2D eigenvalue weighted by atomic mass is 9.63. The summed E-state index contributed by atoms with van der Waals surface area (Å²) in [5.41, 5.74) is -3.62. The fourth-order valence-electron chi connectivity index (χ4n) is 7.57. The predicted octanol–water partition coefficient (Wildman–Crippen LogP) is 5.41. The largest absolute Gasteiger partial charge is 0.497 e. The van der Waals surface area contributed by atoms with Crippen LogP contribution in [0.3, 0.4) is 0 Å². The van der Waals surface area contributed by atoms with E-state index in [9.17, 15) is 25.1 Å². The molecule has 55 heavy (non-hydrogen) atoms. The third-order valence-electron chi connectivity index (χ3n) is 9.91. The molecule has 0 radical (unpaired) electrons. The second kappa shape index (κ2) is 16.2. The van der Waals surface area contributed by atoms with E-state index in [4.69, 9.17) is 18.7 Å². The van der Waals surface area contributed by atoms with Crippen LogP contribution in [0.25, 0.3) is 0 Å². The average molecular weight is 783 g/mol. The summed E-state index contributed by atoms with van der Waals surface area (Å²) in [7, 11) is -2.55. The number of nitriles is 1. The van der Waals surface area contributed by atoms with Crippen molar-refractivity contribution in [2.45, 2.75) is 81.3 Å². The zero-order valence-electron chi connectivity index (χ0n) is 31.3. The monoisotopic (exact) mass is 782 g/mol.